The SMILES string of the molecule is CCCCCCCCN(CCCCCCCC)c1ccc(Cc2c(OC)cc(N(CCCCCCCC)CCCCCCCC)cc2OC)c(OC)c1. The van der Waals surface area contributed by atoms with Crippen LogP contribution in [0.1, 0.15) is 193 Å². The zero-order valence-electron chi connectivity index (χ0n) is 36.0. The van der Waals surface area contributed by atoms with Gasteiger partial charge in [0.25, 0.3) is 0 Å². The smallest absolute Gasteiger partial charge is 0.128 e. The third-order valence-corrected chi connectivity index (χ3v) is 11.1. The molecule has 2 rings (SSSR count). The van der Waals surface area contributed by atoms with Crippen LogP contribution >= 0.6 is 0 Å². The Balaban J connectivity index is 2.27. The van der Waals surface area contributed by atoms with Crippen LogP contribution in [0.5, 0.6) is 17.2 Å². The largest absolute Gasteiger partial charge is 0.496 e. The van der Waals surface area contributed by atoms with Crippen LogP contribution in [0.15, 0.2) is 30.3 Å². The van der Waals surface area contributed by atoms with E-state index in [1.54, 1.807) is 14.2 Å². The second-order valence-corrected chi connectivity index (χ2v) is 15.5. The Morgan fingerprint density at radius 2 is 0.698 bits per heavy atom. The molecule has 0 spiro atoms. The van der Waals surface area contributed by atoms with Crippen molar-refractivity contribution in [1.29, 1.82) is 0 Å². The Kier molecular flexibility index (Phi) is 27.0. The van der Waals surface area contributed by atoms with Crippen molar-refractivity contribution in [3.63, 3.8) is 0 Å². The Morgan fingerprint density at radius 1 is 0.377 bits per heavy atom. The Hall–Kier alpha value is -2.56. The monoisotopic (exact) mass is 737 g/mol. The van der Waals surface area contributed by atoms with Crippen LogP contribution in [0.4, 0.5) is 11.4 Å². The van der Waals surface area contributed by atoms with Crippen molar-refractivity contribution in [3.8, 4) is 17.2 Å². The summed E-state index contributed by atoms with van der Waals surface area (Å²) in [5.41, 5.74) is 4.74. The molecule has 0 aliphatic carbocycles. The van der Waals surface area contributed by atoms with Crippen molar-refractivity contribution >= 4 is 11.4 Å². The molecule has 0 radical (unpaired) electrons. The first-order valence-corrected chi connectivity index (χ1v) is 22.5. The van der Waals surface area contributed by atoms with Gasteiger partial charge < -0.3 is 24.0 Å². The number of ether oxygens (including phenoxy) is 3. The predicted molar refractivity (Wildman–Crippen MR) is 233 cm³/mol. The van der Waals surface area contributed by atoms with Gasteiger partial charge in [-0.05, 0) is 37.3 Å². The molecule has 2 aromatic rings. The number of benzene rings is 2. The van der Waals surface area contributed by atoms with Crippen LogP contribution in [0, 0.1) is 0 Å². The molecule has 0 aliphatic heterocycles. The summed E-state index contributed by atoms with van der Waals surface area (Å²) in [6.07, 6.45) is 32.3. The maximum Gasteiger partial charge on any atom is 0.128 e. The summed E-state index contributed by atoms with van der Waals surface area (Å²) in [6.45, 7) is 13.6. The molecule has 0 heterocycles. The maximum atomic E-state index is 6.13. The summed E-state index contributed by atoms with van der Waals surface area (Å²) >= 11 is 0. The van der Waals surface area contributed by atoms with Gasteiger partial charge in [-0.2, -0.15) is 0 Å². The van der Waals surface area contributed by atoms with Crippen molar-refractivity contribution in [2.45, 2.75) is 188 Å². The number of nitrogens with zero attached hydrogens (tertiary/aromatic N) is 2. The van der Waals surface area contributed by atoms with E-state index < -0.39 is 0 Å². The molecule has 304 valence electrons. The predicted octanol–water partition coefficient (Wildman–Crippen LogP) is 14.4. The van der Waals surface area contributed by atoms with Crippen molar-refractivity contribution in [3.05, 3.63) is 41.5 Å². The lowest BCUT2D eigenvalue weighted by atomic mass is 10.00. The van der Waals surface area contributed by atoms with Gasteiger partial charge in [0.1, 0.15) is 17.2 Å². The molecule has 0 fully saturated rings. The molecule has 0 amide bonds. The number of anilines is 2. The lowest BCUT2D eigenvalue weighted by Crippen LogP contribution is -2.26. The Labute approximate surface area is 328 Å². The van der Waals surface area contributed by atoms with Gasteiger partial charge in [-0.3, -0.25) is 0 Å². The summed E-state index contributed by atoms with van der Waals surface area (Å²) < 4.78 is 18.4. The summed E-state index contributed by atoms with van der Waals surface area (Å²) in [5, 5.41) is 0. The first kappa shape index (κ1) is 46.6. The zero-order valence-corrected chi connectivity index (χ0v) is 36.0. The van der Waals surface area contributed by atoms with Crippen LogP contribution < -0.4 is 24.0 Å². The van der Waals surface area contributed by atoms with Crippen molar-refractivity contribution in [2.75, 3.05) is 57.3 Å². The highest BCUT2D eigenvalue weighted by molar-refractivity contribution is 5.62. The molecule has 0 unspecified atom stereocenters. The average Bonchev–Trinajstić information content (AvgIpc) is 3.18. The molecule has 0 aliphatic rings. The normalized spacial score (nSPS) is 11.2. The van der Waals surface area contributed by atoms with E-state index >= 15 is 0 Å². The fourth-order valence-electron chi connectivity index (χ4n) is 7.67. The molecular weight excluding hydrogens is 653 g/mol. The lowest BCUT2D eigenvalue weighted by molar-refractivity contribution is 0.385. The molecule has 5 nitrogen and oxygen atoms in total. The molecule has 0 saturated carbocycles. The molecule has 0 saturated heterocycles. The fraction of sp³-hybridized carbons (Fsp3) is 0.750. The highest BCUT2D eigenvalue weighted by Crippen LogP contribution is 2.39. The van der Waals surface area contributed by atoms with Crippen molar-refractivity contribution in [2.24, 2.45) is 0 Å². The third-order valence-electron chi connectivity index (χ3n) is 11.1. The molecule has 0 bridgehead atoms. The minimum absolute atomic E-state index is 0.694. The van der Waals surface area contributed by atoms with E-state index in [9.17, 15) is 0 Å². The average molecular weight is 737 g/mol. The van der Waals surface area contributed by atoms with E-state index in [1.165, 1.54) is 165 Å². The minimum Gasteiger partial charge on any atom is -0.496 e. The number of hydrogen-bond donors (Lipinski definition) is 0. The number of unbranched alkanes of at least 4 members (excludes halogenated alkanes) is 20. The lowest BCUT2D eigenvalue weighted by Gasteiger charge is -2.28. The second-order valence-electron chi connectivity index (χ2n) is 15.5. The number of rotatable bonds is 35. The van der Waals surface area contributed by atoms with E-state index in [0.717, 1.165) is 54.6 Å². The first-order valence-electron chi connectivity index (χ1n) is 22.5. The Morgan fingerprint density at radius 3 is 1.06 bits per heavy atom. The van der Waals surface area contributed by atoms with Gasteiger partial charge in [-0.25, -0.2) is 0 Å². The van der Waals surface area contributed by atoms with E-state index in [-0.39, 0.29) is 0 Å². The molecule has 0 aromatic heterocycles. The molecule has 53 heavy (non-hydrogen) atoms. The third kappa shape index (κ3) is 19.0. The number of methoxy groups -OCH3 is 3. The standard InChI is InChI=1S/C48H84N2O3/c1-8-12-16-20-24-28-34-49(35-29-25-21-17-13-9-2)43-33-32-42(46(39-43)51-5)38-45-47(52-6)40-44(41-48(45)53-7)50(36-30-26-22-18-14-10-3)37-31-27-23-19-15-11-4/h32-33,39-41H,8-31,34-38H2,1-7H3. The van der Waals surface area contributed by atoms with Gasteiger partial charge in [0, 0.05) is 67.7 Å². The van der Waals surface area contributed by atoms with E-state index in [2.05, 4.69) is 67.8 Å². The van der Waals surface area contributed by atoms with Crippen molar-refractivity contribution in [1.82, 2.24) is 0 Å². The van der Waals surface area contributed by atoms with Gasteiger partial charge in [0.15, 0.2) is 0 Å². The molecule has 0 atom stereocenters. The molecule has 0 N–H and O–H groups in total. The molecular formula is C48H84N2O3. The van der Waals surface area contributed by atoms with Crippen LogP contribution in [0.25, 0.3) is 0 Å². The highest BCUT2D eigenvalue weighted by Gasteiger charge is 2.19. The van der Waals surface area contributed by atoms with Gasteiger partial charge in [0.2, 0.25) is 0 Å². The van der Waals surface area contributed by atoms with Gasteiger partial charge in [0.05, 0.1) is 21.3 Å². The van der Waals surface area contributed by atoms with Crippen LogP contribution in [0.2, 0.25) is 0 Å². The van der Waals surface area contributed by atoms with E-state index in [4.69, 9.17) is 14.2 Å². The van der Waals surface area contributed by atoms with Gasteiger partial charge in [-0.15, -0.1) is 0 Å². The van der Waals surface area contributed by atoms with Crippen LogP contribution in [-0.4, -0.2) is 47.5 Å². The van der Waals surface area contributed by atoms with Gasteiger partial charge >= 0.3 is 0 Å². The van der Waals surface area contributed by atoms with Crippen LogP contribution in [-0.2, 0) is 6.42 Å². The van der Waals surface area contributed by atoms with E-state index in [0.29, 0.717) is 6.42 Å². The number of hydrogen-bond acceptors (Lipinski definition) is 5. The first-order chi connectivity index (χ1) is 26.1. The summed E-state index contributed by atoms with van der Waals surface area (Å²) in [6, 6.07) is 11.4. The van der Waals surface area contributed by atoms with Crippen molar-refractivity contribution < 1.29 is 14.2 Å². The topological polar surface area (TPSA) is 34.2 Å². The molecule has 5 heteroatoms. The fourth-order valence-corrected chi connectivity index (χ4v) is 7.67. The summed E-state index contributed by atoms with van der Waals surface area (Å²) in [4.78, 5) is 5.20. The van der Waals surface area contributed by atoms with E-state index in [1.807, 2.05) is 7.11 Å². The quantitative estimate of drug-likeness (QED) is 0.0658. The summed E-state index contributed by atoms with van der Waals surface area (Å²) in [7, 11) is 5.42. The molecule has 2 aromatic carbocycles. The minimum atomic E-state index is 0.694. The van der Waals surface area contributed by atoms with Gasteiger partial charge in [-0.1, -0.05) is 162 Å². The zero-order chi connectivity index (χ0) is 38.4. The Bertz CT molecular complexity index is 1110. The maximum absolute atomic E-state index is 6.13. The summed E-state index contributed by atoms with van der Waals surface area (Å²) in [5.74, 6) is 2.74. The van der Waals surface area contributed by atoms with Crippen LogP contribution in [0.3, 0.4) is 0 Å². The highest BCUT2D eigenvalue weighted by atomic mass is 16.5. The second kappa shape index (κ2) is 30.7.